The van der Waals surface area contributed by atoms with Crippen LogP contribution in [0.4, 0.5) is 4.39 Å². The number of amides is 1. The number of aryl methyl sites for hydroxylation is 1. The van der Waals surface area contributed by atoms with Gasteiger partial charge in [0.25, 0.3) is 0 Å². The van der Waals surface area contributed by atoms with Gasteiger partial charge in [0.15, 0.2) is 0 Å². The summed E-state index contributed by atoms with van der Waals surface area (Å²) in [6.07, 6.45) is 2.77. The Labute approximate surface area is 141 Å². The maximum absolute atomic E-state index is 14.3. The van der Waals surface area contributed by atoms with Gasteiger partial charge in [0.1, 0.15) is 11.5 Å². The fourth-order valence-electron chi connectivity index (χ4n) is 2.33. The molecule has 130 valence electrons. The lowest BCUT2D eigenvalue weighted by Gasteiger charge is -2.18. The molecule has 6 heteroatoms. The summed E-state index contributed by atoms with van der Waals surface area (Å²) in [4.78, 5) is 11.9. The number of hydrogen-bond donors (Lipinski definition) is 2. The van der Waals surface area contributed by atoms with Crippen molar-refractivity contribution in [1.82, 2.24) is 15.1 Å². The molecule has 0 bridgehead atoms. The lowest BCUT2D eigenvalue weighted by Crippen LogP contribution is -2.31. The Bertz CT molecular complexity index is 712. The van der Waals surface area contributed by atoms with E-state index in [1.165, 1.54) is 10.7 Å². The summed E-state index contributed by atoms with van der Waals surface area (Å²) in [6.45, 7) is 7.38. The average Bonchev–Trinajstić information content (AvgIpc) is 2.92. The average molecular weight is 333 g/mol. The second-order valence-electron chi connectivity index (χ2n) is 6.48. The van der Waals surface area contributed by atoms with Crippen LogP contribution in [0.15, 0.2) is 30.6 Å². The fourth-order valence-corrected chi connectivity index (χ4v) is 2.33. The molecule has 0 aliphatic heterocycles. The molecule has 2 N–H and O–H groups in total. The number of aliphatic hydroxyl groups excluding tert-OH is 1. The summed E-state index contributed by atoms with van der Waals surface area (Å²) in [6, 6.07) is 4.46. The zero-order chi connectivity index (χ0) is 17.9. The van der Waals surface area contributed by atoms with E-state index in [1.807, 2.05) is 20.8 Å². The third-order valence-corrected chi connectivity index (χ3v) is 3.97. The van der Waals surface area contributed by atoms with Crippen molar-refractivity contribution in [3.05, 3.63) is 47.5 Å². The van der Waals surface area contributed by atoms with E-state index < -0.39 is 11.9 Å². The summed E-state index contributed by atoms with van der Waals surface area (Å²) >= 11 is 0. The number of nitrogens with zero attached hydrogens (tertiary/aromatic N) is 2. The molecular weight excluding hydrogens is 309 g/mol. The van der Waals surface area contributed by atoms with Gasteiger partial charge in [-0.3, -0.25) is 4.79 Å². The van der Waals surface area contributed by atoms with E-state index in [1.54, 1.807) is 31.5 Å². The van der Waals surface area contributed by atoms with E-state index in [-0.39, 0.29) is 24.3 Å². The Morgan fingerprint density at radius 2 is 2.08 bits per heavy atom. The van der Waals surface area contributed by atoms with Crippen LogP contribution in [-0.2, 0) is 4.79 Å². The topological polar surface area (TPSA) is 67.2 Å². The molecule has 5 nitrogen and oxygen atoms in total. The first-order valence-corrected chi connectivity index (χ1v) is 8.06. The molecule has 24 heavy (non-hydrogen) atoms. The van der Waals surface area contributed by atoms with Crippen molar-refractivity contribution in [1.29, 1.82) is 0 Å². The monoisotopic (exact) mass is 333 g/mol. The zero-order valence-corrected chi connectivity index (χ0v) is 14.5. The van der Waals surface area contributed by atoms with E-state index in [4.69, 9.17) is 0 Å². The van der Waals surface area contributed by atoms with Gasteiger partial charge in [0.05, 0.1) is 24.8 Å². The summed E-state index contributed by atoms with van der Waals surface area (Å²) in [5, 5.41) is 16.6. The van der Waals surface area contributed by atoms with Crippen LogP contribution in [0.5, 0.6) is 0 Å². The number of rotatable bonds is 6. The minimum atomic E-state index is -0.681. The van der Waals surface area contributed by atoms with E-state index in [0.717, 1.165) is 5.56 Å². The standard InChI is InChI=1S/C18H24FN3O2/c1-11(2)17(23)8-18(24)21-13(4)14-5-6-16(15(19)7-14)22-10-12(3)9-20-22/h5-7,9-11,13,17,23H,8H2,1-4H3,(H,21,24). The highest BCUT2D eigenvalue weighted by Gasteiger charge is 2.17. The van der Waals surface area contributed by atoms with Crippen molar-refractivity contribution in [2.75, 3.05) is 0 Å². The molecule has 1 aromatic carbocycles. The fraction of sp³-hybridized carbons (Fsp3) is 0.444. The van der Waals surface area contributed by atoms with E-state index in [2.05, 4.69) is 10.4 Å². The second kappa shape index (κ2) is 7.57. The maximum atomic E-state index is 14.3. The van der Waals surface area contributed by atoms with Crippen molar-refractivity contribution in [2.24, 2.45) is 5.92 Å². The van der Waals surface area contributed by atoms with Crippen LogP contribution < -0.4 is 5.32 Å². The Morgan fingerprint density at radius 1 is 1.38 bits per heavy atom. The van der Waals surface area contributed by atoms with Crippen LogP contribution in [0.3, 0.4) is 0 Å². The number of nitrogens with one attached hydrogen (secondary N) is 1. The van der Waals surface area contributed by atoms with E-state index in [9.17, 15) is 14.3 Å². The SMILES string of the molecule is Cc1cnn(-c2ccc(C(C)NC(=O)CC(O)C(C)C)cc2F)c1. The number of carbonyl (C=O) groups excluding carboxylic acids is 1. The normalized spacial score (nSPS) is 13.8. The number of aliphatic hydroxyl groups is 1. The number of halogens is 1. The smallest absolute Gasteiger partial charge is 0.223 e. The quantitative estimate of drug-likeness (QED) is 0.854. The van der Waals surface area contributed by atoms with Crippen molar-refractivity contribution in [2.45, 2.75) is 46.3 Å². The predicted molar refractivity (Wildman–Crippen MR) is 90.3 cm³/mol. The Morgan fingerprint density at radius 3 is 2.62 bits per heavy atom. The lowest BCUT2D eigenvalue weighted by atomic mass is 10.0. The first kappa shape index (κ1) is 18.1. The van der Waals surface area contributed by atoms with Crippen LogP contribution in [0.2, 0.25) is 0 Å². The van der Waals surface area contributed by atoms with Gasteiger partial charge in [0, 0.05) is 6.20 Å². The molecule has 0 aliphatic carbocycles. The lowest BCUT2D eigenvalue weighted by molar-refractivity contribution is -0.124. The van der Waals surface area contributed by atoms with Crippen molar-refractivity contribution in [3.63, 3.8) is 0 Å². The first-order valence-electron chi connectivity index (χ1n) is 8.06. The second-order valence-corrected chi connectivity index (χ2v) is 6.48. The molecule has 0 radical (unpaired) electrons. The number of carbonyl (C=O) groups is 1. The molecule has 0 aliphatic rings. The molecule has 0 saturated carbocycles. The molecule has 0 spiro atoms. The highest BCUT2D eigenvalue weighted by molar-refractivity contribution is 5.76. The first-order chi connectivity index (χ1) is 11.3. The van der Waals surface area contributed by atoms with Gasteiger partial charge in [-0.1, -0.05) is 19.9 Å². The predicted octanol–water partition coefficient (Wildman–Crippen LogP) is 2.90. The number of benzene rings is 1. The maximum Gasteiger partial charge on any atom is 0.223 e. The van der Waals surface area contributed by atoms with Gasteiger partial charge in [0.2, 0.25) is 5.91 Å². The van der Waals surface area contributed by atoms with Gasteiger partial charge in [-0.15, -0.1) is 0 Å². The van der Waals surface area contributed by atoms with Gasteiger partial charge < -0.3 is 10.4 Å². The number of aromatic nitrogens is 2. The van der Waals surface area contributed by atoms with Gasteiger partial charge in [-0.25, -0.2) is 9.07 Å². The minimum Gasteiger partial charge on any atom is -0.392 e. The van der Waals surface area contributed by atoms with Crippen LogP contribution in [0, 0.1) is 18.7 Å². The molecule has 2 unspecified atom stereocenters. The molecule has 2 atom stereocenters. The molecule has 0 fully saturated rings. The highest BCUT2D eigenvalue weighted by atomic mass is 19.1. The highest BCUT2D eigenvalue weighted by Crippen LogP contribution is 2.20. The van der Waals surface area contributed by atoms with Crippen LogP contribution >= 0.6 is 0 Å². The Balaban J connectivity index is 2.06. The Kier molecular flexibility index (Phi) is 5.72. The van der Waals surface area contributed by atoms with Gasteiger partial charge >= 0.3 is 0 Å². The van der Waals surface area contributed by atoms with Gasteiger partial charge in [-0.2, -0.15) is 5.10 Å². The van der Waals surface area contributed by atoms with Crippen molar-refractivity contribution >= 4 is 5.91 Å². The summed E-state index contributed by atoms with van der Waals surface area (Å²) in [5.41, 5.74) is 1.97. The minimum absolute atomic E-state index is 0.0142. The summed E-state index contributed by atoms with van der Waals surface area (Å²) in [7, 11) is 0. The van der Waals surface area contributed by atoms with E-state index in [0.29, 0.717) is 11.3 Å². The number of hydrogen-bond acceptors (Lipinski definition) is 3. The van der Waals surface area contributed by atoms with Crippen LogP contribution in [-0.4, -0.2) is 26.9 Å². The van der Waals surface area contributed by atoms with Crippen LogP contribution in [0.1, 0.15) is 44.4 Å². The summed E-state index contributed by atoms with van der Waals surface area (Å²) in [5.74, 6) is -0.643. The van der Waals surface area contributed by atoms with Crippen LogP contribution in [0.25, 0.3) is 5.69 Å². The molecule has 0 saturated heterocycles. The molecule has 1 heterocycles. The molecule has 2 rings (SSSR count). The largest absolute Gasteiger partial charge is 0.392 e. The van der Waals surface area contributed by atoms with Gasteiger partial charge in [-0.05, 0) is 43.0 Å². The molecule has 1 aromatic heterocycles. The summed E-state index contributed by atoms with van der Waals surface area (Å²) < 4.78 is 15.8. The third-order valence-electron chi connectivity index (χ3n) is 3.97. The van der Waals surface area contributed by atoms with Crippen molar-refractivity contribution in [3.8, 4) is 5.69 Å². The molecular formula is C18H24FN3O2. The molecule has 2 aromatic rings. The van der Waals surface area contributed by atoms with E-state index >= 15 is 0 Å². The Hall–Kier alpha value is -2.21. The third kappa shape index (κ3) is 4.41. The zero-order valence-electron chi connectivity index (χ0n) is 14.5. The van der Waals surface area contributed by atoms with Crippen molar-refractivity contribution < 1.29 is 14.3 Å². The molecule has 1 amide bonds.